The molecular formula is C27H24FNO4. The molecule has 6 heteroatoms. The highest BCUT2D eigenvalue weighted by atomic mass is 19.1. The van der Waals surface area contributed by atoms with Gasteiger partial charge in [0.05, 0.1) is 29.5 Å². The predicted molar refractivity (Wildman–Crippen MR) is 125 cm³/mol. The number of ether oxygens (including phenoxy) is 2. The first kappa shape index (κ1) is 22.3. The first-order chi connectivity index (χ1) is 15.7. The highest BCUT2D eigenvalue weighted by molar-refractivity contribution is 6.11. The highest BCUT2D eigenvalue weighted by Gasteiger charge is 2.37. The second kappa shape index (κ2) is 8.54. The van der Waals surface area contributed by atoms with E-state index in [1.54, 1.807) is 41.3 Å². The van der Waals surface area contributed by atoms with Gasteiger partial charge >= 0.3 is 5.97 Å². The molecule has 0 atom stereocenters. The van der Waals surface area contributed by atoms with Crippen molar-refractivity contribution in [1.29, 1.82) is 0 Å². The third-order valence-corrected chi connectivity index (χ3v) is 5.61. The molecule has 5 nitrogen and oxygen atoms in total. The minimum Gasteiger partial charge on any atom is -0.496 e. The molecule has 33 heavy (non-hydrogen) atoms. The summed E-state index contributed by atoms with van der Waals surface area (Å²) >= 11 is 0. The van der Waals surface area contributed by atoms with E-state index < -0.39 is 17.3 Å². The summed E-state index contributed by atoms with van der Waals surface area (Å²) in [6, 6.07) is 17.4. The van der Waals surface area contributed by atoms with Crippen LogP contribution in [-0.2, 0) is 0 Å². The van der Waals surface area contributed by atoms with Gasteiger partial charge in [0, 0.05) is 5.56 Å². The van der Waals surface area contributed by atoms with Crippen molar-refractivity contribution in [2.75, 3.05) is 12.0 Å². The van der Waals surface area contributed by atoms with Crippen LogP contribution in [0.4, 0.5) is 10.1 Å². The number of fused-ring (bicyclic) bond motifs is 1. The molecule has 1 aliphatic rings. The lowest BCUT2D eigenvalue weighted by atomic mass is 9.88. The SMILES string of the molecule is COc1ccccc1C(=O)N1c2ccc(OC(=O)c3ccc(F)cc3)cc2C(C)=CC1(C)C. The van der Waals surface area contributed by atoms with E-state index in [0.717, 1.165) is 11.1 Å². The van der Waals surface area contributed by atoms with Gasteiger partial charge in [0.25, 0.3) is 5.91 Å². The number of esters is 1. The van der Waals surface area contributed by atoms with Crippen LogP contribution in [0.25, 0.3) is 5.57 Å². The normalized spacial score (nSPS) is 14.2. The summed E-state index contributed by atoms with van der Waals surface area (Å²) in [4.78, 5) is 27.8. The molecule has 1 aliphatic heterocycles. The molecule has 168 valence electrons. The number of methoxy groups -OCH3 is 1. The summed E-state index contributed by atoms with van der Waals surface area (Å²) in [6.07, 6.45) is 2.01. The maximum absolute atomic E-state index is 13.6. The average molecular weight is 445 g/mol. The average Bonchev–Trinajstić information content (AvgIpc) is 2.79. The molecule has 3 aromatic rings. The molecule has 0 spiro atoms. The number of para-hydroxylation sites is 1. The smallest absolute Gasteiger partial charge is 0.343 e. The maximum Gasteiger partial charge on any atom is 0.343 e. The van der Waals surface area contributed by atoms with Crippen LogP contribution in [0.1, 0.15) is 47.1 Å². The van der Waals surface area contributed by atoms with Gasteiger partial charge in [0.15, 0.2) is 0 Å². The largest absolute Gasteiger partial charge is 0.496 e. The van der Waals surface area contributed by atoms with Gasteiger partial charge in [-0.2, -0.15) is 0 Å². The zero-order chi connectivity index (χ0) is 23.8. The molecule has 0 saturated heterocycles. The van der Waals surface area contributed by atoms with E-state index in [1.165, 1.54) is 31.4 Å². The van der Waals surface area contributed by atoms with Gasteiger partial charge in [-0.05, 0) is 80.9 Å². The summed E-state index contributed by atoms with van der Waals surface area (Å²) in [6.45, 7) is 5.89. The molecule has 0 N–H and O–H groups in total. The molecule has 0 radical (unpaired) electrons. The lowest BCUT2D eigenvalue weighted by Gasteiger charge is -2.41. The van der Waals surface area contributed by atoms with Crippen LogP contribution in [0.3, 0.4) is 0 Å². The van der Waals surface area contributed by atoms with Gasteiger partial charge in [0.2, 0.25) is 0 Å². The van der Waals surface area contributed by atoms with Crippen molar-refractivity contribution in [3.8, 4) is 11.5 Å². The Morgan fingerprint density at radius 1 is 0.970 bits per heavy atom. The van der Waals surface area contributed by atoms with Crippen molar-refractivity contribution in [3.05, 3.63) is 95.3 Å². The number of carbonyl (C=O) groups excluding carboxylic acids is 2. The predicted octanol–water partition coefficient (Wildman–Crippen LogP) is 5.90. The number of rotatable bonds is 4. The number of benzene rings is 3. The number of anilines is 1. The molecule has 1 heterocycles. The number of amides is 1. The van der Waals surface area contributed by atoms with Crippen LogP contribution in [0.2, 0.25) is 0 Å². The van der Waals surface area contributed by atoms with E-state index in [4.69, 9.17) is 9.47 Å². The molecular weight excluding hydrogens is 421 g/mol. The Labute approximate surface area is 192 Å². The van der Waals surface area contributed by atoms with Gasteiger partial charge in [0.1, 0.15) is 17.3 Å². The summed E-state index contributed by atoms with van der Waals surface area (Å²) < 4.78 is 24.1. The highest BCUT2D eigenvalue weighted by Crippen LogP contribution is 2.42. The minimum atomic E-state index is -0.596. The van der Waals surface area contributed by atoms with Crippen LogP contribution >= 0.6 is 0 Å². The molecule has 0 aromatic heterocycles. The lowest BCUT2D eigenvalue weighted by molar-refractivity contribution is 0.0734. The van der Waals surface area contributed by atoms with Crippen LogP contribution in [-0.4, -0.2) is 24.5 Å². The Morgan fingerprint density at radius 3 is 2.36 bits per heavy atom. The zero-order valence-corrected chi connectivity index (χ0v) is 18.9. The molecule has 0 saturated carbocycles. The molecule has 0 unspecified atom stereocenters. The fourth-order valence-corrected chi connectivity index (χ4v) is 4.14. The Morgan fingerprint density at radius 2 is 1.67 bits per heavy atom. The topological polar surface area (TPSA) is 55.8 Å². The third-order valence-electron chi connectivity index (χ3n) is 5.61. The van der Waals surface area contributed by atoms with E-state index in [1.807, 2.05) is 32.9 Å². The Balaban J connectivity index is 1.71. The van der Waals surface area contributed by atoms with Gasteiger partial charge in [-0.15, -0.1) is 0 Å². The standard InChI is InChI=1S/C27H24FNO4/c1-17-16-27(2,3)29(25(30)21-7-5-6-8-24(21)32-4)23-14-13-20(15-22(17)23)33-26(31)18-9-11-19(28)12-10-18/h5-16H,1-4H3. The van der Waals surface area contributed by atoms with E-state index >= 15 is 0 Å². The third kappa shape index (κ3) is 4.24. The lowest BCUT2D eigenvalue weighted by Crippen LogP contribution is -2.49. The Bertz CT molecular complexity index is 1260. The number of hydrogen-bond donors (Lipinski definition) is 0. The molecule has 1 amide bonds. The zero-order valence-electron chi connectivity index (χ0n) is 18.9. The van der Waals surface area contributed by atoms with Crippen LogP contribution in [0, 0.1) is 5.82 Å². The first-order valence-electron chi connectivity index (χ1n) is 10.5. The molecule has 0 bridgehead atoms. The van der Waals surface area contributed by atoms with Crippen LogP contribution in [0.15, 0.2) is 72.8 Å². The number of hydrogen-bond acceptors (Lipinski definition) is 4. The fourth-order valence-electron chi connectivity index (χ4n) is 4.14. The van der Waals surface area contributed by atoms with E-state index in [2.05, 4.69) is 0 Å². The minimum absolute atomic E-state index is 0.196. The Hall–Kier alpha value is -3.93. The van der Waals surface area contributed by atoms with Crippen LogP contribution < -0.4 is 14.4 Å². The quantitative estimate of drug-likeness (QED) is 0.371. The van der Waals surface area contributed by atoms with Crippen molar-refractivity contribution < 1.29 is 23.5 Å². The van der Waals surface area contributed by atoms with Gasteiger partial charge in [-0.1, -0.05) is 18.2 Å². The number of carbonyl (C=O) groups is 2. The first-order valence-corrected chi connectivity index (χ1v) is 10.5. The van der Waals surface area contributed by atoms with E-state index in [-0.39, 0.29) is 11.5 Å². The summed E-state index contributed by atoms with van der Waals surface area (Å²) in [5.74, 6) is -0.382. The molecule has 0 fully saturated rings. The van der Waals surface area contributed by atoms with Crippen molar-refractivity contribution in [2.24, 2.45) is 0 Å². The molecule has 4 rings (SSSR count). The monoisotopic (exact) mass is 445 g/mol. The number of halogens is 1. The summed E-state index contributed by atoms with van der Waals surface area (Å²) in [7, 11) is 1.53. The van der Waals surface area contributed by atoms with Crippen molar-refractivity contribution in [1.82, 2.24) is 0 Å². The van der Waals surface area contributed by atoms with Crippen molar-refractivity contribution in [3.63, 3.8) is 0 Å². The fraction of sp³-hybridized carbons (Fsp3) is 0.185. The van der Waals surface area contributed by atoms with E-state index in [0.29, 0.717) is 22.7 Å². The van der Waals surface area contributed by atoms with Gasteiger partial charge in [-0.3, -0.25) is 9.69 Å². The second-order valence-electron chi connectivity index (χ2n) is 8.40. The van der Waals surface area contributed by atoms with E-state index in [9.17, 15) is 14.0 Å². The van der Waals surface area contributed by atoms with Crippen molar-refractivity contribution in [2.45, 2.75) is 26.3 Å². The second-order valence-corrected chi connectivity index (χ2v) is 8.40. The summed E-state index contributed by atoms with van der Waals surface area (Å²) in [5.41, 5.74) is 2.55. The molecule has 3 aromatic carbocycles. The van der Waals surface area contributed by atoms with Gasteiger partial charge < -0.3 is 9.47 Å². The Kier molecular flexibility index (Phi) is 5.77. The van der Waals surface area contributed by atoms with Crippen LogP contribution in [0.5, 0.6) is 11.5 Å². The van der Waals surface area contributed by atoms with Crippen molar-refractivity contribution >= 4 is 23.1 Å². The number of allylic oxidation sites excluding steroid dienone is 1. The maximum atomic E-state index is 13.6. The van der Waals surface area contributed by atoms with Gasteiger partial charge in [-0.25, -0.2) is 9.18 Å². The summed E-state index contributed by atoms with van der Waals surface area (Å²) in [5, 5.41) is 0. The number of nitrogens with zero attached hydrogens (tertiary/aromatic N) is 1. The molecule has 0 aliphatic carbocycles.